The second-order valence-corrected chi connectivity index (χ2v) is 5.80. The summed E-state index contributed by atoms with van der Waals surface area (Å²) in [6.45, 7) is 0.384. The molecule has 0 heterocycles. The zero-order chi connectivity index (χ0) is 16.3. The summed E-state index contributed by atoms with van der Waals surface area (Å²) in [6, 6.07) is 8.87. The van der Waals surface area contributed by atoms with E-state index in [1.165, 1.54) is 18.2 Å². The zero-order valence-electron chi connectivity index (χ0n) is 11.9. The SMILES string of the molecule is CNC[C@@H](c1cc(F)cc(Br)c1)c1cccc(C(N)=O)c1F. The average molecular weight is 369 g/mol. The Morgan fingerprint density at radius 1 is 1.32 bits per heavy atom. The maximum atomic E-state index is 14.5. The molecule has 0 radical (unpaired) electrons. The molecule has 2 rings (SSSR count). The number of benzene rings is 2. The van der Waals surface area contributed by atoms with Crippen molar-refractivity contribution < 1.29 is 13.6 Å². The summed E-state index contributed by atoms with van der Waals surface area (Å²) in [6.07, 6.45) is 0. The second-order valence-electron chi connectivity index (χ2n) is 4.89. The van der Waals surface area contributed by atoms with Gasteiger partial charge in [0.15, 0.2) is 0 Å². The third-order valence-corrected chi connectivity index (χ3v) is 3.82. The molecular weight excluding hydrogens is 354 g/mol. The lowest BCUT2D eigenvalue weighted by Gasteiger charge is -2.19. The number of hydrogen-bond acceptors (Lipinski definition) is 2. The Morgan fingerprint density at radius 2 is 2.05 bits per heavy atom. The topological polar surface area (TPSA) is 55.1 Å². The van der Waals surface area contributed by atoms with Crippen LogP contribution in [0.2, 0.25) is 0 Å². The molecule has 6 heteroatoms. The van der Waals surface area contributed by atoms with Gasteiger partial charge in [-0.3, -0.25) is 4.79 Å². The maximum Gasteiger partial charge on any atom is 0.251 e. The molecule has 0 saturated carbocycles. The number of halogens is 3. The summed E-state index contributed by atoms with van der Waals surface area (Å²) in [7, 11) is 1.72. The van der Waals surface area contributed by atoms with Gasteiger partial charge in [0.05, 0.1) is 5.56 Å². The Labute approximate surface area is 135 Å². The van der Waals surface area contributed by atoms with Gasteiger partial charge in [-0.1, -0.05) is 28.1 Å². The van der Waals surface area contributed by atoms with Gasteiger partial charge in [0, 0.05) is 16.9 Å². The van der Waals surface area contributed by atoms with Crippen LogP contribution in [0.3, 0.4) is 0 Å². The molecule has 0 aromatic heterocycles. The quantitative estimate of drug-likeness (QED) is 0.851. The van der Waals surface area contributed by atoms with Crippen LogP contribution < -0.4 is 11.1 Å². The van der Waals surface area contributed by atoms with E-state index in [4.69, 9.17) is 5.73 Å². The number of carbonyl (C=O) groups is 1. The standard InChI is InChI=1S/C16H15BrF2N2O/c1-21-8-14(9-5-10(17)7-11(18)6-9)12-3-2-4-13(15(12)19)16(20)22/h2-7,14,21H,8H2,1H3,(H2,20,22)/t14-/m0/s1. The summed E-state index contributed by atoms with van der Waals surface area (Å²) in [5, 5.41) is 2.96. The van der Waals surface area contributed by atoms with Crippen molar-refractivity contribution in [3.63, 3.8) is 0 Å². The van der Waals surface area contributed by atoms with Crippen LogP contribution in [0.25, 0.3) is 0 Å². The fourth-order valence-corrected chi connectivity index (χ4v) is 2.88. The van der Waals surface area contributed by atoms with E-state index in [9.17, 15) is 13.6 Å². The van der Waals surface area contributed by atoms with E-state index in [1.54, 1.807) is 25.2 Å². The number of nitrogens with two attached hydrogens (primary N) is 1. The summed E-state index contributed by atoms with van der Waals surface area (Å²) in [5.74, 6) is -2.37. The lowest BCUT2D eigenvalue weighted by atomic mass is 9.89. The molecule has 3 nitrogen and oxygen atoms in total. The first-order valence-corrected chi connectivity index (χ1v) is 7.42. The van der Waals surface area contributed by atoms with Crippen molar-refractivity contribution in [1.29, 1.82) is 0 Å². The van der Waals surface area contributed by atoms with Crippen LogP contribution in [-0.4, -0.2) is 19.5 Å². The first-order valence-electron chi connectivity index (χ1n) is 6.62. The summed E-state index contributed by atoms with van der Waals surface area (Å²) in [4.78, 5) is 11.3. The van der Waals surface area contributed by atoms with Gasteiger partial charge in [-0.15, -0.1) is 0 Å². The Bertz CT molecular complexity index is 686. The number of nitrogens with one attached hydrogen (secondary N) is 1. The Balaban J connectivity index is 2.57. The molecule has 0 aliphatic heterocycles. The van der Waals surface area contributed by atoms with E-state index < -0.39 is 23.5 Å². The highest BCUT2D eigenvalue weighted by Gasteiger charge is 2.21. The van der Waals surface area contributed by atoms with Crippen molar-refractivity contribution in [3.05, 3.63) is 69.2 Å². The number of rotatable bonds is 5. The lowest BCUT2D eigenvalue weighted by Crippen LogP contribution is -2.21. The molecule has 2 aromatic rings. The highest BCUT2D eigenvalue weighted by molar-refractivity contribution is 9.10. The molecule has 1 atom stereocenters. The minimum Gasteiger partial charge on any atom is -0.366 e. The predicted molar refractivity (Wildman–Crippen MR) is 84.8 cm³/mol. The smallest absolute Gasteiger partial charge is 0.251 e. The zero-order valence-corrected chi connectivity index (χ0v) is 13.5. The van der Waals surface area contributed by atoms with Crippen LogP contribution in [0.4, 0.5) is 8.78 Å². The molecule has 1 amide bonds. The van der Waals surface area contributed by atoms with E-state index >= 15 is 0 Å². The number of carbonyl (C=O) groups excluding carboxylic acids is 1. The summed E-state index contributed by atoms with van der Waals surface area (Å²) >= 11 is 3.23. The van der Waals surface area contributed by atoms with Crippen molar-refractivity contribution >= 4 is 21.8 Å². The molecule has 0 saturated heterocycles. The number of primary amides is 1. The Hall–Kier alpha value is -1.79. The van der Waals surface area contributed by atoms with Crippen molar-refractivity contribution in [2.24, 2.45) is 5.73 Å². The van der Waals surface area contributed by atoms with E-state index in [-0.39, 0.29) is 5.56 Å². The molecule has 3 N–H and O–H groups in total. The molecule has 116 valence electrons. The first-order chi connectivity index (χ1) is 10.4. The monoisotopic (exact) mass is 368 g/mol. The number of likely N-dealkylation sites (N-methyl/N-ethyl adjacent to an activating group) is 1. The fraction of sp³-hybridized carbons (Fsp3) is 0.188. The third kappa shape index (κ3) is 3.51. The molecule has 0 bridgehead atoms. The van der Waals surface area contributed by atoms with Crippen molar-refractivity contribution in [2.75, 3.05) is 13.6 Å². The first kappa shape index (κ1) is 16.6. The van der Waals surface area contributed by atoms with Crippen LogP contribution in [0.15, 0.2) is 40.9 Å². The van der Waals surface area contributed by atoms with Gasteiger partial charge in [0.2, 0.25) is 0 Å². The normalized spacial score (nSPS) is 12.2. The van der Waals surface area contributed by atoms with Crippen molar-refractivity contribution in [1.82, 2.24) is 5.32 Å². The minimum absolute atomic E-state index is 0.172. The van der Waals surface area contributed by atoms with Crippen LogP contribution in [-0.2, 0) is 0 Å². The van der Waals surface area contributed by atoms with E-state index in [0.29, 0.717) is 22.1 Å². The van der Waals surface area contributed by atoms with Gasteiger partial charge in [0.1, 0.15) is 11.6 Å². The van der Waals surface area contributed by atoms with E-state index in [1.807, 2.05) is 0 Å². The average Bonchev–Trinajstić information content (AvgIpc) is 2.44. The molecule has 2 aromatic carbocycles. The third-order valence-electron chi connectivity index (χ3n) is 3.36. The van der Waals surface area contributed by atoms with Gasteiger partial charge in [0.25, 0.3) is 5.91 Å². The van der Waals surface area contributed by atoms with Crippen LogP contribution in [0.1, 0.15) is 27.4 Å². The lowest BCUT2D eigenvalue weighted by molar-refractivity contribution is 0.0996. The van der Waals surface area contributed by atoms with E-state index in [0.717, 1.165) is 0 Å². The minimum atomic E-state index is -0.831. The summed E-state index contributed by atoms with van der Waals surface area (Å²) in [5.41, 5.74) is 5.90. The van der Waals surface area contributed by atoms with Gasteiger partial charge in [-0.2, -0.15) is 0 Å². The summed E-state index contributed by atoms with van der Waals surface area (Å²) < 4.78 is 28.7. The van der Waals surface area contributed by atoms with Gasteiger partial charge in [-0.25, -0.2) is 8.78 Å². The van der Waals surface area contributed by atoms with Gasteiger partial charge in [-0.05, 0) is 42.4 Å². The second kappa shape index (κ2) is 6.98. The van der Waals surface area contributed by atoms with Gasteiger partial charge >= 0.3 is 0 Å². The highest BCUT2D eigenvalue weighted by atomic mass is 79.9. The molecular formula is C16H15BrF2N2O. The molecule has 0 fully saturated rings. The molecule has 0 unspecified atom stereocenters. The molecule has 0 spiro atoms. The molecule has 22 heavy (non-hydrogen) atoms. The van der Waals surface area contributed by atoms with Crippen molar-refractivity contribution in [3.8, 4) is 0 Å². The molecule has 0 aliphatic carbocycles. The van der Waals surface area contributed by atoms with Crippen LogP contribution in [0.5, 0.6) is 0 Å². The van der Waals surface area contributed by atoms with E-state index in [2.05, 4.69) is 21.2 Å². The number of hydrogen-bond donors (Lipinski definition) is 2. The van der Waals surface area contributed by atoms with Crippen LogP contribution >= 0.6 is 15.9 Å². The number of amides is 1. The fourth-order valence-electron chi connectivity index (χ4n) is 2.40. The predicted octanol–water partition coefficient (Wildman–Crippen LogP) is 3.18. The van der Waals surface area contributed by atoms with Crippen molar-refractivity contribution in [2.45, 2.75) is 5.92 Å². The molecule has 0 aliphatic rings. The highest BCUT2D eigenvalue weighted by Crippen LogP contribution is 2.30. The Kier molecular flexibility index (Phi) is 5.26. The largest absolute Gasteiger partial charge is 0.366 e. The van der Waals surface area contributed by atoms with Crippen LogP contribution in [0, 0.1) is 11.6 Å². The Morgan fingerprint density at radius 3 is 2.64 bits per heavy atom. The maximum absolute atomic E-state index is 14.5. The van der Waals surface area contributed by atoms with Gasteiger partial charge < -0.3 is 11.1 Å².